The van der Waals surface area contributed by atoms with Gasteiger partial charge >= 0.3 is 12.1 Å². The van der Waals surface area contributed by atoms with Gasteiger partial charge in [-0.25, -0.2) is 14.6 Å². The third-order valence-corrected chi connectivity index (χ3v) is 3.85. The number of amides is 1. The number of nitrogens with zero attached hydrogens (tertiary/aromatic N) is 1. The molecule has 1 rings (SSSR count). The molecule has 1 atom stereocenters. The minimum Gasteiger partial charge on any atom is -0.464 e. The van der Waals surface area contributed by atoms with Crippen molar-refractivity contribution >= 4 is 23.4 Å². The zero-order valence-electron chi connectivity index (χ0n) is 14.1. The van der Waals surface area contributed by atoms with E-state index < -0.39 is 17.7 Å². The monoisotopic (exact) mass is 328 g/mol. The molecule has 0 unspecified atom stereocenters. The second-order valence-corrected chi connectivity index (χ2v) is 7.55. The SMILES string of the molecule is COC(=O)c1nc([C@H](NC(=O)OC(C)(C)C)C(C)C)sc1C. The van der Waals surface area contributed by atoms with Gasteiger partial charge < -0.3 is 14.8 Å². The van der Waals surface area contributed by atoms with Gasteiger partial charge in [0.2, 0.25) is 0 Å². The van der Waals surface area contributed by atoms with E-state index in [1.54, 1.807) is 27.7 Å². The third kappa shape index (κ3) is 4.98. The van der Waals surface area contributed by atoms with Gasteiger partial charge in [-0.1, -0.05) is 13.8 Å². The highest BCUT2D eigenvalue weighted by atomic mass is 32.1. The number of hydrogen-bond acceptors (Lipinski definition) is 6. The van der Waals surface area contributed by atoms with Crippen molar-refractivity contribution in [2.75, 3.05) is 7.11 Å². The van der Waals surface area contributed by atoms with Crippen molar-refractivity contribution in [2.45, 2.75) is 53.2 Å². The standard InChI is InChI=1S/C15H24N2O4S/c1-8(2)10(17-14(19)21-15(4,5)6)12-16-11(9(3)22-12)13(18)20-7/h8,10H,1-7H3,(H,17,19)/t10-/m1/s1. The molecule has 1 heterocycles. The van der Waals surface area contributed by atoms with E-state index in [-0.39, 0.29) is 12.0 Å². The number of hydrogen-bond donors (Lipinski definition) is 1. The fourth-order valence-corrected chi connectivity index (χ4v) is 2.92. The number of aromatic nitrogens is 1. The first-order valence-corrected chi connectivity index (χ1v) is 7.92. The fraction of sp³-hybridized carbons (Fsp3) is 0.667. The lowest BCUT2D eigenvalue weighted by Crippen LogP contribution is -2.36. The Morgan fingerprint density at radius 1 is 1.27 bits per heavy atom. The van der Waals surface area contributed by atoms with Gasteiger partial charge in [-0.2, -0.15) is 0 Å². The molecule has 1 aromatic heterocycles. The summed E-state index contributed by atoms with van der Waals surface area (Å²) < 4.78 is 9.99. The Morgan fingerprint density at radius 2 is 1.86 bits per heavy atom. The smallest absolute Gasteiger partial charge is 0.408 e. The zero-order valence-corrected chi connectivity index (χ0v) is 15.0. The van der Waals surface area contributed by atoms with Crippen molar-refractivity contribution in [1.29, 1.82) is 0 Å². The van der Waals surface area contributed by atoms with Gasteiger partial charge in [0.15, 0.2) is 5.69 Å². The van der Waals surface area contributed by atoms with Crippen molar-refractivity contribution < 1.29 is 19.1 Å². The number of aryl methyl sites for hydroxylation is 1. The summed E-state index contributed by atoms with van der Waals surface area (Å²) in [7, 11) is 1.32. The van der Waals surface area contributed by atoms with Crippen LogP contribution in [0.5, 0.6) is 0 Å². The summed E-state index contributed by atoms with van der Waals surface area (Å²) in [6.45, 7) is 11.2. The summed E-state index contributed by atoms with van der Waals surface area (Å²) in [6.07, 6.45) is -0.501. The van der Waals surface area contributed by atoms with Crippen molar-refractivity contribution in [3.05, 3.63) is 15.6 Å². The predicted octanol–water partition coefficient (Wildman–Crippen LogP) is 3.46. The maximum atomic E-state index is 12.0. The number of nitrogens with one attached hydrogen (secondary N) is 1. The van der Waals surface area contributed by atoms with E-state index >= 15 is 0 Å². The third-order valence-electron chi connectivity index (χ3n) is 2.80. The summed E-state index contributed by atoms with van der Waals surface area (Å²) in [5.74, 6) is -0.372. The van der Waals surface area contributed by atoms with Crippen LogP contribution in [0.2, 0.25) is 0 Å². The molecule has 0 aliphatic carbocycles. The quantitative estimate of drug-likeness (QED) is 0.856. The molecule has 0 bridgehead atoms. The van der Waals surface area contributed by atoms with Crippen LogP contribution in [0.3, 0.4) is 0 Å². The minimum absolute atomic E-state index is 0.101. The second kappa shape index (κ2) is 7.09. The molecule has 7 heteroatoms. The first kappa shape index (κ1) is 18.4. The molecule has 0 saturated heterocycles. The summed E-state index contributed by atoms with van der Waals surface area (Å²) in [5, 5.41) is 3.49. The summed E-state index contributed by atoms with van der Waals surface area (Å²) in [4.78, 5) is 28.7. The fourth-order valence-electron chi connectivity index (χ4n) is 1.78. The maximum absolute atomic E-state index is 12.0. The van der Waals surface area contributed by atoms with Crippen LogP contribution in [0, 0.1) is 12.8 Å². The average Bonchev–Trinajstić information content (AvgIpc) is 2.74. The molecule has 0 aromatic carbocycles. The second-order valence-electron chi connectivity index (χ2n) is 6.32. The summed E-state index contributed by atoms with van der Waals surface area (Å²) in [5.41, 5.74) is -0.277. The number of esters is 1. The average molecular weight is 328 g/mol. The van der Waals surface area contributed by atoms with Crippen LogP contribution in [-0.4, -0.2) is 29.8 Å². The highest BCUT2D eigenvalue weighted by Gasteiger charge is 2.27. The van der Waals surface area contributed by atoms with Crippen LogP contribution < -0.4 is 5.32 Å². The lowest BCUT2D eigenvalue weighted by molar-refractivity contribution is 0.0489. The Hall–Kier alpha value is -1.63. The maximum Gasteiger partial charge on any atom is 0.408 e. The summed E-state index contributed by atoms with van der Waals surface area (Å²) >= 11 is 1.37. The zero-order chi connectivity index (χ0) is 17.1. The lowest BCUT2D eigenvalue weighted by Gasteiger charge is -2.24. The molecule has 1 N–H and O–H groups in total. The first-order valence-electron chi connectivity index (χ1n) is 7.10. The number of alkyl carbamates (subject to hydrolysis) is 1. The Labute approximate surface area is 135 Å². The van der Waals surface area contributed by atoms with Gasteiger partial charge in [0.05, 0.1) is 13.2 Å². The van der Waals surface area contributed by atoms with Crippen LogP contribution in [0.15, 0.2) is 0 Å². The highest BCUT2D eigenvalue weighted by Crippen LogP contribution is 2.29. The number of carbonyl (C=O) groups excluding carboxylic acids is 2. The molecule has 6 nitrogen and oxygen atoms in total. The van der Waals surface area contributed by atoms with Gasteiger partial charge in [-0.3, -0.25) is 0 Å². The van der Waals surface area contributed by atoms with E-state index in [0.29, 0.717) is 10.7 Å². The molecule has 0 aliphatic rings. The van der Waals surface area contributed by atoms with Crippen molar-refractivity contribution in [3.8, 4) is 0 Å². The minimum atomic E-state index is -0.568. The van der Waals surface area contributed by atoms with Crippen LogP contribution in [0.25, 0.3) is 0 Å². The van der Waals surface area contributed by atoms with E-state index in [2.05, 4.69) is 10.3 Å². The Morgan fingerprint density at radius 3 is 2.32 bits per heavy atom. The van der Waals surface area contributed by atoms with Crippen molar-refractivity contribution in [2.24, 2.45) is 5.92 Å². The van der Waals surface area contributed by atoms with Gasteiger partial charge in [0.25, 0.3) is 0 Å². The van der Waals surface area contributed by atoms with Gasteiger partial charge in [-0.05, 0) is 33.6 Å². The molecule has 0 fully saturated rings. The van der Waals surface area contributed by atoms with Gasteiger partial charge in [-0.15, -0.1) is 11.3 Å². The van der Waals surface area contributed by atoms with E-state index in [4.69, 9.17) is 9.47 Å². The number of thiazole rings is 1. The number of ether oxygens (including phenoxy) is 2. The Balaban J connectivity index is 2.97. The van der Waals surface area contributed by atoms with E-state index in [0.717, 1.165) is 4.88 Å². The van der Waals surface area contributed by atoms with E-state index in [1.807, 2.05) is 13.8 Å². The Kier molecular flexibility index (Phi) is 5.93. The molecule has 0 spiro atoms. The van der Waals surface area contributed by atoms with Gasteiger partial charge in [0.1, 0.15) is 10.6 Å². The molecular formula is C15H24N2O4S. The normalized spacial score (nSPS) is 12.9. The molecule has 124 valence electrons. The summed E-state index contributed by atoms with van der Waals surface area (Å²) in [6, 6.07) is -0.322. The van der Waals surface area contributed by atoms with E-state index in [9.17, 15) is 9.59 Å². The molecule has 22 heavy (non-hydrogen) atoms. The number of methoxy groups -OCH3 is 1. The molecular weight excluding hydrogens is 304 g/mol. The molecule has 1 amide bonds. The largest absolute Gasteiger partial charge is 0.464 e. The highest BCUT2D eigenvalue weighted by molar-refractivity contribution is 7.12. The van der Waals surface area contributed by atoms with E-state index in [1.165, 1.54) is 18.4 Å². The van der Waals surface area contributed by atoms with Crippen LogP contribution in [0.1, 0.15) is 61.0 Å². The molecule has 1 aromatic rings. The molecule has 0 radical (unpaired) electrons. The lowest BCUT2D eigenvalue weighted by atomic mass is 10.1. The molecule has 0 saturated carbocycles. The van der Waals surface area contributed by atoms with Crippen LogP contribution >= 0.6 is 11.3 Å². The first-order chi connectivity index (χ1) is 10.0. The Bertz CT molecular complexity index is 546. The van der Waals surface area contributed by atoms with Crippen LogP contribution in [-0.2, 0) is 9.47 Å². The van der Waals surface area contributed by atoms with Crippen molar-refractivity contribution in [3.63, 3.8) is 0 Å². The topological polar surface area (TPSA) is 77.5 Å². The molecule has 0 aliphatic heterocycles. The number of rotatable bonds is 4. The van der Waals surface area contributed by atoms with Crippen LogP contribution in [0.4, 0.5) is 4.79 Å². The van der Waals surface area contributed by atoms with Gasteiger partial charge in [0, 0.05) is 4.88 Å². The number of carbonyl (C=O) groups is 2. The van der Waals surface area contributed by atoms with Crippen molar-refractivity contribution in [1.82, 2.24) is 10.3 Å². The predicted molar refractivity (Wildman–Crippen MR) is 85.1 cm³/mol.